The second-order valence-corrected chi connectivity index (χ2v) is 4.14. The van der Waals surface area contributed by atoms with Crippen molar-refractivity contribution in [2.24, 2.45) is 5.92 Å². The summed E-state index contributed by atoms with van der Waals surface area (Å²) >= 11 is 0. The van der Waals surface area contributed by atoms with Gasteiger partial charge in [-0.15, -0.1) is 0 Å². The lowest BCUT2D eigenvalue weighted by molar-refractivity contribution is 0.122. The summed E-state index contributed by atoms with van der Waals surface area (Å²) in [5, 5.41) is 0. The monoisotopic (exact) mass is 208 g/mol. The van der Waals surface area contributed by atoms with Crippen molar-refractivity contribution in [3.05, 3.63) is 35.4 Å². The van der Waals surface area contributed by atoms with Crippen LogP contribution >= 0.6 is 0 Å². The number of rotatable bonds is 3. The van der Waals surface area contributed by atoms with Gasteiger partial charge >= 0.3 is 0 Å². The summed E-state index contributed by atoms with van der Waals surface area (Å²) in [6.45, 7) is 12.3. The topological polar surface area (TPSA) is 9.23 Å². The highest BCUT2D eigenvalue weighted by molar-refractivity contribution is 5.23. The molecule has 0 N–H and O–H groups in total. The van der Waals surface area contributed by atoms with Gasteiger partial charge in [0.25, 0.3) is 0 Å². The molecular weight excluding hydrogens is 184 g/mol. The van der Waals surface area contributed by atoms with Crippen molar-refractivity contribution >= 4 is 0 Å². The third-order valence-electron chi connectivity index (χ3n) is 2.08. The molecule has 0 aliphatic heterocycles. The van der Waals surface area contributed by atoms with E-state index in [0.29, 0.717) is 5.92 Å². The van der Waals surface area contributed by atoms with Crippen LogP contribution in [0.1, 0.15) is 31.9 Å². The highest BCUT2D eigenvalue weighted by atomic mass is 16.5. The fourth-order valence-electron chi connectivity index (χ4n) is 1.02. The Morgan fingerprint density at radius 1 is 1.07 bits per heavy atom. The van der Waals surface area contributed by atoms with Crippen molar-refractivity contribution in [2.45, 2.75) is 34.6 Å². The van der Waals surface area contributed by atoms with E-state index in [1.54, 1.807) is 0 Å². The Bertz CT molecular complexity index is 232. The lowest BCUT2D eigenvalue weighted by Crippen LogP contribution is -2.00. The lowest BCUT2D eigenvalue weighted by Gasteiger charge is -2.01. The maximum absolute atomic E-state index is 5.09. The number of aryl methyl sites for hydroxylation is 2. The fraction of sp³-hybridized carbons (Fsp3) is 0.571. The predicted octanol–water partition coefficient (Wildman–Crippen LogP) is 3.98. The van der Waals surface area contributed by atoms with Gasteiger partial charge < -0.3 is 4.74 Å². The third kappa shape index (κ3) is 8.19. The van der Waals surface area contributed by atoms with Crippen molar-refractivity contribution in [1.82, 2.24) is 0 Å². The molecule has 0 unspecified atom stereocenters. The average Bonchev–Trinajstić information content (AvgIpc) is 2.20. The third-order valence-corrected chi connectivity index (χ3v) is 2.08. The van der Waals surface area contributed by atoms with Crippen LogP contribution in [-0.4, -0.2) is 13.2 Å². The summed E-state index contributed by atoms with van der Waals surface area (Å²) < 4.78 is 5.09. The minimum Gasteiger partial charge on any atom is -0.381 e. The van der Waals surface area contributed by atoms with Crippen LogP contribution in [-0.2, 0) is 4.74 Å². The summed E-state index contributed by atoms with van der Waals surface area (Å²) in [6.07, 6.45) is 0. The van der Waals surface area contributed by atoms with E-state index in [1.165, 1.54) is 11.1 Å². The molecule has 0 radical (unpaired) electrons. The normalized spacial score (nSPS) is 9.73. The Hall–Kier alpha value is -0.820. The molecule has 15 heavy (non-hydrogen) atoms. The van der Waals surface area contributed by atoms with Crippen molar-refractivity contribution in [1.29, 1.82) is 0 Å². The van der Waals surface area contributed by atoms with Gasteiger partial charge in [-0.1, -0.05) is 38.1 Å². The Labute approximate surface area is 94.5 Å². The fourth-order valence-corrected chi connectivity index (χ4v) is 1.02. The number of hydrogen-bond donors (Lipinski definition) is 0. The molecule has 0 bridgehead atoms. The number of ether oxygens (including phenoxy) is 1. The summed E-state index contributed by atoms with van der Waals surface area (Å²) in [5.74, 6) is 0.681. The van der Waals surface area contributed by atoms with Crippen LogP contribution in [0.3, 0.4) is 0 Å². The molecule has 0 aliphatic rings. The minimum absolute atomic E-state index is 0.681. The van der Waals surface area contributed by atoms with Gasteiger partial charge in [0.1, 0.15) is 0 Å². The van der Waals surface area contributed by atoms with Gasteiger partial charge in [0.2, 0.25) is 0 Å². The van der Waals surface area contributed by atoms with E-state index in [9.17, 15) is 0 Å². The molecule has 0 atom stereocenters. The molecule has 0 spiro atoms. The molecule has 0 aromatic heterocycles. The molecule has 1 aromatic rings. The van der Waals surface area contributed by atoms with E-state index in [2.05, 4.69) is 52.0 Å². The average molecular weight is 208 g/mol. The first-order chi connectivity index (χ1) is 7.07. The highest BCUT2D eigenvalue weighted by Gasteiger charge is 1.88. The van der Waals surface area contributed by atoms with Gasteiger partial charge in [0.15, 0.2) is 0 Å². The van der Waals surface area contributed by atoms with Crippen LogP contribution in [0.25, 0.3) is 0 Å². The van der Waals surface area contributed by atoms with E-state index in [4.69, 9.17) is 4.74 Å². The van der Waals surface area contributed by atoms with Crippen molar-refractivity contribution in [3.8, 4) is 0 Å². The predicted molar refractivity (Wildman–Crippen MR) is 67.2 cm³/mol. The second kappa shape index (κ2) is 8.49. The highest BCUT2D eigenvalue weighted by Crippen LogP contribution is 2.02. The molecule has 1 heteroatoms. The molecule has 86 valence electrons. The Morgan fingerprint density at radius 3 is 1.73 bits per heavy atom. The molecule has 1 rings (SSSR count). The molecule has 1 nitrogen and oxygen atoms in total. The number of benzene rings is 1. The largest absolute Gasteiger partial charge is 0.381 e. The van der Waals surface area contributed by atoms with Gasteiger partial charge in [0, 0.05) is 13.2 Å². The first kappa shape index (κ1) is 14.2. The van der Waals surface area contributed by atoms with Crippen LogP contribution in [0.5, 0.6) is 0 Å². The molecule has 0 amide bonds. The van der Waals surface area contributed by atoms with E-state index in [1.807, 2.05) is 6.92 Å². The van der Waals surface area contributed by atoms with Crippen LogP contribution in [0.4, 0.5) is 0 Å². The summed E-state index contributed by atoms with van der Waals surface area (Å²) in [7, 11) is 0. The molecule has 0 saturated carbocycles. The van der Waals surface area contributed by atoms with E-state index in [-0.39, 0.29) is 0 Å². The maximum atomic E-state index is 5.09. The zero-order valence-corrected chi connectivity index (χ0v) is 10.7. The maximum Gasteiger partial charge on any atom is 0.0488 e. The van der Waals surface area contributed by atoms with E-state index in [0.717, 1.165) is 13.2 Å². The smallest absolute Gasteiger partial charge is 0.0488 e. The zero-order chi connectivity index (χ0) is 11.7. The summed E-state index contributed by atoms with van der Waals surface area (Å²) in [4.78, 5) is 0. The van der Waals surface area contributed by atoms with Crippen molar-refractivity contribution in [3.63, 3.8) is 0 Å². The molecule has 0 fully saturated rings. The standard InChI is InChI=1S/C8H10.C6H14O/c1-7-5-3-4-6-8(7)2;1-4-7-5-6(2)3/h3-6H,1-2H3;6H,4-5H2,1-3H3. The van der Waals surface area contributed by atoms with Crippen molar-refractivity contribution < 1.29 is 4.74 Å². The quantitative estimate of drug-likeness (QED) is 0.730. The first-order valence-electron chi connectivity index (χ1n) is 5.67. The van der Waals surface area contributed by atoms with Gasteiger partial charge in [0.05, 0.1) is 0 Å². The van der Waals surface area contributed by atoms with Crippen LogP contribution in [0.15, 0.2) is 24.3 Å². The van der Waals surface area contributed by atoms with Gasteiger partial charge in [-0.25, -0.2) is 0 Å². The molecule has 0 saturated heterocycles. The lowest BCUT2D eigenvalue weighted by atomic mass is 10.1. The van der Waals surface area contributed by atoms with Gasteiger partial charge in [-0.3, -0.25) is 0 Å². The van der Waals surface area contributed by atoms with E-state index < -0.39 is 0 Å². The van der Waals surface area contributed by atoms with Crippen LogP contribution in [0, 0.1) is 19.8 Å². The summed E-state index contributed by atoms with van der Waals surface area (Å²) in [6, 6.07) is 8.36. The molecular formula is C14H24O. The summed E-state index contributed by atoms with van der Waals surface area (Å²) in [5.41, 5.74) is 2.74. The first-order valence-corrected chi connectivity index (χ1v) is 5.67. The van der Waals surface area contributed by atoms with Gasteiger partial charge in [-0.2, -0.15) is 0 Å². The number of hydrogen-bond acceptors (Lipinski definition) is 1. The Morgan fingerprint density at radius 2 is 1.53 bits per heavy atom. The molecule has 1 aromatic carbocycles. The Kier molecular flexibility index (Phi) is 8.02. The SMILES string of the molecule is CCOCC(C)C.Cc1ccccc1C. The second-order valence-electron chi connectivity index (χ2n) is 4.14. The van der Waals surface area contributed by atoms with Crippen LogP contribution < -0.4 is 0 Å². The van der Waals surface area contributed by atoms with E-state index >= 15 is 0 Å². The van der Waals surface area contributed by atoms with Crippen molar-refractivity contribution in [2.75, 3.05) is 13.2 Å². The molecule has 0 heterocycles. The minimum atomic E-state index is 0.681. The van der Waals surface area contributed by atoms with Gasteiger partial charge in [-0.05, 0) is 37.8 Å². The Balaban J connectivity index is 0.000000265. The zero-order valence-electron chi connectivity index (χ0n) is 10.7. The molecule has 0 aliphatic carbocycles. The van der Waals surface area contributed by atoms with Crippen LogP contribution in [0.2, 0.25) is 0 Å².